The third-order valence-electron chi connectivity index (χ3n) is 5.94. The first-order chi connectivity index (χ1) is 16.8. The van der Waals surface area contributed by atoms with E-state index < -0.39 is 10.0 Å². The van der Waals surface area contributed by atoms with Gasteiger partial charge in [-0.25, -0.2) is 13.4 Å². The lowest BCUT2D eigenvalue weighted by Crippen LogP contribution is -2.41. The summed E-state index contributed by atoms with van der Waals surface area (Å²) in [5, 5.41) is 5.20. The highest BCUT2D eigenvalue weighted by atomic mass is 32.2. The van der Waals surface area contributed by atoms with Gasteiger partial charge in [0.05, 0.1) is 31.9 Å². The van der Waals surface area contributed by atoms with E-state index in [1.54, 1.807) is 38.5 Å². The number of methoxy groups -OCH3 is 3. The molecule has 35 heavy (non-hydrogen) atoms. The van der Waals surface area contributed by atoms with Gasteiger partial charge in [-0.15, -0.1) is 11.3 Å². The summed E-state index contributed by atoms with van der Waals surface area (Å²) in [6.45, 7) is 0.549. The number of hydrogen-bond donors (Lipinski definition) is 1. The minimum absolute atomic E-state index is 0.162. The molecule has 0 atom stereocenters. The Balaban J connectivity index is 1.38. The summed E-state index contributed by atoms with van der Waals surface area (Å²) in [5.41, 5.74) is 1.43. The van der Waals surface area contributed by atoms with Crippen molar-refractivity contribution in [2.45, 2.75) is 17.7 Å². The second-order valence-corrected chi connectivity index (χ2v) is 10.7. The second kappa shape index (κ2) is 10.6. The molecule has 2 heterocycles. The Hall–Kier alpha value is -3.15. The first-order valence-corrected chi connectivity index (χ1v) is 13.3. The fourth-order valence-electron chi connectivity index (χ4n) is 3.93. The van der Waals surface area contributed by atoms with Crippen molar-refractivity contribution in [1.29, 1.82) is 0 Å². The van der Waals surface area contributed by atoms with Crippen molar-refractivity contribution < 1.29 is 27.4 Å². The molecule has 1 aromatic heterocycles. The molecule has 1 N–H and O–H groups in total. The number of amides is 1. The molecule has 9 nitrogen and oxygen atoms in total. The van der Waals surface area contributed by atoms with Crippen LogP contribution in [0.5, 0.6) is 17.2 Å². The molecule has 3 aromatic rings. The summed E-state index contributed by atoms with van der Waals surface area (Å²) < 4.78 is 43.1. The van der Waals surface area contributed by atoms with E-state index in [0.29, 0.717) is 40.9 Å². The minimum atomic E-state index is -3.62. The van der Waals surface area contributed by atoms with Crippen LogP contribution in [0.1, 0.15) is 12.8 Å². The SMILES string of the molecule is COc1ccc(S(=O)(=O)N2CCC(C(=O)Nc3nc(-c4cc(OC)ccc4OC)cs3)CC2)cc1. The number of benzene rings is 2. The van der Waals surface area contributed by atoms with Crippen LogP contribution in [0.2, 0.25) is 0 Å². The summed E-state index contributed by atoms with van der Waals surface area (Å²) in [6, 6.07) is 11.7. The largest absolute Gasteiger partial charge is 0.497 e. The molecule has 0 aliphatic carbocycles. The van der Waals surface area contributed by atoms with Gasteiger partial charge in [-0.05, 0) is 55.3 Å². The average molecular weight is 518 g/mol. The molecule has 1 amide bonds. The van der Waals surface area contributed by atoms with E-state index in [0.717, 1.165) is 5.56 Å². The van der Waals surface area contributed by atoms with Gasteiger partial charge in [0, 0.05) is 30.0 Å². The maximum atomic E-state index is 12.9. The fourth-order valence-corrected chi connectivity index (χ4v) is 6.11. The maximum absolute atomic E-state index is 12.9. The number of thiazole rings is 1. The summed E-state index contributed by atoms with van der Waals surface area (Å²) in [4.78, 5) is 17.6. The predicted octanol–water partition coefficient (Wildman–Crippen LogP) is 3.88. The minimum Gasteiger partial charge on any atom is -0.497 e. The normalized spacial score (nSPS) is 14.9. The maximum Gasteiger partial charge on any atom is 0.243 e. The molecular weight excluding hydrogens is 490 g/mol. The van der Waals surface area contributed by atoms with Gasteiger partial charge < -0.3 is 19.5 Å². The third kappa shape index (κ3) is 5.42. The van der Waals surface area contributed by atoms with E-state index in [1.165, 1.54) is 34.9 Å². The van der Waals surface area contributed by atoms with E-state index >= 15 is 0 Å². The zero-order valence-corrected chi connectivity index (χ0v) is 21.3. The Morgan fingerprint density at radius 3 is 2.29 bits per heavy atom. The van der Waals surface area contributed by atoms with Crippen molar-refractivity contribution in [1.82, 2.24) is 9.29 Å². The fraction of sp³-hybridized carbons (Fsp3) is 0.333. The molecule has 0 radical (unpaired) electrons. The van der Waals surface area contributed by atoms with Gasteiger partial charge in [0.1, 0.15) is 17.2 Å². The van der Waals surface area contributed by atoms with Gasteiger partial charge in [-0.3, -0.25) is 4.79 Å². The van der Waals surface area contributed by atoms with Gasteiger partial charge in [-0.1, -0.05) is 0 Å². The lowest BCUT2D eigenvalue weighted by Gasteiger charge is -2.30. The first kappa shape index (κ1) is 25.0. The molecule has 0 unspecified atom stereocenters. The van der Waals surface area contributed by atoms with E-state index in [4.69, 9.17) is 14.2 Å². The zero-order chi connectivity index (χ0) is 25.0. The number of nitrogens with zero attached hydrogens (tertiary/aromatic N) is 2. The molecule has 2 aromatic carbocycles. The van der Waals surface area contributed by atoms with E-state index in [2.05, 4.69) is 10.3 Å². The Morgan fingerprint density at radius 1 is 1.00 bits per heavy atom. The van der Waals surface area contributed by atoms with Crippen molar-refractivity contribution in [3.8, 4) is 28.5 Å². The highest BCUT2D eigenvalue weighted by Crippen LogP contribution is 2.35. The zero-order valence-electron chi connectivity index (χ0n) is 19.7. The second-order valence-electron chi connectivity index (χ2n) is 7.95. The van der Waals surface area contributed by atoms with Crippen LogP contribution in [0.4, 0.5) is 5.13 Å². The Kier molecular flexibility index (Phi) is 7.58. The van der Waals surface area contributed by atoms with Crippen LogP contribution >= 0.6 is 11.3 Å². The van der Waals surface area contributed by atoms with Crippen LogP contribution in [-0.2, 0) is 14.8 Å². The number of nitrogens with one attached hydrogen (secondary N) is 1. The van der Waals surface area contributed by atoms with Crippen molar-refractivity contribution in [3.63, 3.8) is 0 Å². The Labute approximate surface area is 208 Å². The van der Waals surface area contributed by atoms with Crippen molar-refractivity contribution in [2.24, 2.45) is 5.92 Å². The monoisotopic (exact) mass is 517 g/mol. The molecule has 1 aliphatic rings. The lowest BCUT2D eigenvalue weighted by molar-refractivity contribution is -0.120. The highest BCUT2D eigenvalue weighted by Gasteiger charge is 2.32. The molecule has 1 aliphatic heterocycles. The van der Waals surface area contributed by atoms with Crippen LogP contribution < -0.4 is 19.5 Å². The average Bonchev–Trinajstić information content (AvgIpc) is 3.36. The summed E-state index contributed by atoms with van der Waals surface area (Å²) in [7, 11) is 1.08. The molecule has 1 fully saturated rings. The summed E-state index contributed by atoms with van der Waals surface area (Å²) in [5.74, 6) is 1.46. The Morgan fingerprint density at radius 2 is 1.66 bits per heavy atom. The Bertz CT molecular complexity index is 1280. The highest BCUT2D eigenvalue weighted by molar-refractivity contribution is 7.89. The number of sulfonamides is 1. The number of carbonyl (C=O) groups excluding carboxylic acids is 1. The van der Waals surface area contributed by atoms with Gasteiger partial charge in [0.15, 0.2) is 5.13 Å². The van der Waals surface area contributed by atoms with Crippen LogP contribution in [0.15, 0.2) is 52.7 Å². The summed E-state index contributed by atoms with van der Waals surface area (Å²) >= 11 is 1.32. The van der Waals surface area contributed by atoms with E-state index in [-0.39, 0.29) is 29.8 Å². The lowest BCUT2D eigenvalue weighted by atomic mass is 9.97. The number of piperidine rings is 1. The first-order valence-electron chi connectivity index (χ1n) is 11.0. The van der Waals surface area contributed by atoms with Crippen molar-refractivity contribution >= 4 is 32.4 Å². The van der Waals surface area contributed by atoms with E-state index in [9.17, 15) is 13.2 Å². The van der Waals surface area contributed by atoms with Gasteiger partial charge in [-0.2, -0.15) is 4.31 Å². The van der Waals surface area contributed by atoms with Gasteiger partial charge >= 0.3 is 0 Å². The van der Waals surface area contributed by atoms with Gasteiger partial charge in [0.25, 0.3) is 0 Å². The number of ether oxygens (including phenoxy) is 3. The third-order valence-corrected chi connectivity index (χ3v) is 8.61. The number of anilines is 1. The molecule has 11 heteroatoms. The molecule has 4 rings (SSSR count). The van der Waals surface area contributed by atoms with Crippen LogP contribution in [0, 0.1) is 5.92 Å². The summed E-state index contributed by atoms with van der Waals surface area (Å²) in [6.07, 6.45) is 0.867. The van der Waals surface area contributed by atoms with Crippen molar-refractivity contribution in [2.75, 3.05) is 39.7 Å². The van der Waals surface area contributed by atoms with Crippen LogP contribution in [0.25, 0.3) is 11.3 Å². The quantitative estimate of drug-likeness (QED) is 0.483. The molecule has 0 saturated carbocycles. The van der Waals surface area contributed by atoms with Crippen LogP contribution in [-0.4, -0.2) is 58.0 Å². The van der Waals surface area contributed by atoms with Crippen molar-refractivity contribution in [3.05, 3.63) is 47.8 Å². The molecule has 186 valence electrons. The molecule has 1 saturated heterocycles. The number of hydrogen-bond acceptors (Lipinski definition) is 8. The standard InChI is InChI=1S/C24H27N3O6S2/c1-31-17-4-7-19(8-5-17)35(29,30)27-12-10-16(11-13-27)23(28)26-24-25-21(15-34-24)20-14-18(32-2)6-9-22(20)33-3/h4-9,14-16H,10-13H2,1-3H3,(H,25,26,28). The molecule has 0 bridgehead atoms. The predicted molar refractivity (Wildman–Crippen MR) is 134 cm³/mol. The molecular formula is C24H27N3O6S2. The number of rotatable bonds is 8. The topological polar surface area (TPSA) is 107 Å². The smallest absolute Gasteiger partial charge is 0.243 e. The number of carbonyl (C=O) groups is 1. The molecule has 0 spiro atoms. The van der Waals surface area contributed by atoms with Gasteiger partial charge in [0.2, 0.25) is 15.9 Å². The van der Waals surface area contributed by atoms with Crippen LogP contribution in [0.3, 0.4) is 0 Å². The number of aromatic nitrogens is 1. The van der Waals surface area contributed by atoms with E-state index in [1.807, 2.05) is 11.4 Å².